The topological polar surface area (TPSA) is 12.9 Å². The van der Waals surface area contributed by atoms with Crippen LogP contribution < -0.4 is 0 Å². The third-order valence-electron chi connectivity index (χ3n) is 1.54. The molecule has 0 atom stereocenters. The van der Waals surface area contributed by atoms with Crippen LogP contribution in [0.2, 0.25) is 0 Å². The second kappa shape index (κ2) is 4.09. The van der Waals surface area contributed by atoms with Crippen molar-refractivity contribution in [3.05, 3.63) is 28.8 Å². The molecule has 0 spiro atoms. The molecule has 0 radical (unpaired) electrons. The van der Waals surface area contributed by atoms with Crippen LogP contribution in [0.1, 0.15) is 23.4 Å². The van der Waals surface area contributed by atoms with E-state index >= 15 is 0 Å². The number of rotatable bonds is 2. The average Bonchev–Trinajstić information content (AvgIpc) is 2.08. The van der Waals surface area contributed by atoms with Gasteiger partial charge in [0.05, 0.1) is 11.3 Å². The van der Waals surface area contributed by atoms with Crippen molar-refractivity contribution in [2.45, 2.75) is 18.7 Å². The van der Waals surface area contributed by atoms with Crippen molar-refractivity contribution in [2.24, 2.45) is 0 Å². The first-order valence-corrected chi connectivity index (χ1v) is 4.68. The van der Waals surface area contributed by atoms with Gasteiger partial charge in [-0.3, -0.25) is 4.98 Å². The highest BCUT2D eigenvalue weighted by Gasteiger charge is 2.17. The maximum absolute atomic E-state index is 13.1. The van der Waals surface area contributed by atoms with Gasteiger partial charge < -0.3 is 0 Å². The van der Waals surface area contributed by atoms with E-state index in [0.29, 0.717) is 5.69 Å². The molecule has 0 aliphatic carbocycles. The zero-order valence-electron chi connectivity index (χ0n) is 6.82. The largest absolute Gasteiger partial charge is 0.266 e. The van der Waals surface area contributed by atoms with Crippen molar-refractivity contribution in [1.82, 2.24) is 4.98 Å². The van der Waals surface area contributed by atoms with E-state index < -0.39 is 17.8 Å². The highest BCUT2D eigenvalue weighted by atomic mass is 79.9. The van der Waals surface area contributed by atoms with Crippen LogP contribution in [0.15, 0.2) is 6.07 Å². The van der Waals surface area contributed by atoms with Gasteiger partial charge in [-0.25, -0.2) is 13.2 Å². The van der Waals surface area contributed by atoms with Crippen LogP contribution in [0, 0.1) is 12.7 Å². The van der Waals surface area contributed by atoms with E-state index in [0.717, 1.165) is 6.07 Å². The van der Waals surface area contributed by atoms with Crippen LogP contribution in [-0.4, -0.2) is 4.98 Å². The molecule has 0 aromatic carbocycles. The number of pyridine rings is 1. The molecule has 1 aromatic heterocycles. The van der Waals surface area contributed by atoms with Gasteiger partial charge >= 0.3 is 0 Å². The monoisotopic (exact) mass is 253 g/mol. The van der Waals surface area contributed by atoms with E-state index in [9.17, 15) is 13.2 Å². The Bertz CT molecular complexity index is 315. The normalized spacial score (nSPS) is 10.9. The molecule has 0 saturated heterocycles. The Balaban J connectivity index is 3.27. The molecule has 1 heterocycles. The second-order valence-electron chi connectivity index (χ2n) is 2.55. The van der Waals surface area contributed by atoms with Crippen molar-refractivity contribution in [2.75, 3.05) is 0 Å². The summed E-state index contributed by atoms with van der Waals surface area (Å²) in [4.78, 5) is 3.78. The van der Waals surface area contributed by atoms with E-state index in [2.05, 4.69) is 20.9 Å². The number of hydrogen-bond donors (Lipinski definition) is 0. The average molecular weight is 254 g/mol. The Morgan fingerprint density at radius 1 is 1.54 bits per heavy atom. The Morgan fingerprint density at radius 2 is 2.15 bits per heavy atom. The van der Waals surface area contributed by atoms with Crippen LogP contribution in [0.3, 0.4) is 0 Å². The molecule has 5 heteroatoms. The molecule has 0 aliphatic heterocycles. The van der Waals surface area contributed by atoms with Crippen molar-refractivity contribution >= 4 is 15.9 Å². The lowest BCUT2D eigenvalue weighted by molar-refractivity contribution is 0.146. The Morgan fingerprint density at radius 3 is 2.62 bits per heavy atom. The third-order valence-corrected chi connectivity index (χ3v) is 2.08. The fourth-order valence-corrected chi connectivity index (χ4v) is 1.37. The van der Waals surface area contributed by atoms with E-state index in [1.807, 2.05) is 0 Å². The number of halogens is 4. The lowest BCUT2D eigenvalue weighted by atomic mass is 10.2. The Labute approximate surface area is 82.1 Å². The number of hydrogen-bond acceptors (Lipinski definition) is 1. The molecule has 0 bridgehead atoms. The molecule has 0 unspecified atom stereocenters. The van der Waals surface area contributed by atoms with Gasteiger partial charge in [0.15, 0.2) is 5.82 Å². The first-order chi connectivity index (χ1) is 6.06. The van der Waals surface area contributed by atoms with Crippen LogP contribution in [0.4, 0.5) is 13.2 Å². The summed E-state index contributed by atoms with van der Waals surface area (Å²) in [7, 11) is 0. The summed E-state index contributed by atoms with van der Waals surface area (Å²) < 4.78 is 37.6. The maximum atomic E-state index is 13.1. The third kappa shape index (κ3) is 2.21. The molecule has 0 amide bonds. The SMILES string of the molecule is Cc1cc(C(F)F)c(F)c(CBr)n1. The van der Waals surface area contributed by atoms with Crippen molar-refractivity contribution in [3.8, 4) is 0 Å². The van der Waals surface area contributed by atoms with Crippen LogP contribution in [0.25, 0.3) is 0 Å². The number of aryl methyl sites for hydroxylation is 1. The van der Waals surface area contributed by atoms with Crippen molar-refractivity contribution in [1.29, 1.82) is 0 Å². The van der Waals surface area contributed by atoms with Gasteiger partial charge in [0, 0.05) is 11.0 Å². The number of alkyl halides is 3. The molecular weight excluding hydrogens is 247 g/mol. The van der Waals surface area contributed by atoms with E-state index in [-0.39, 0.29) is 11.0 Å². The van der Waals surface area contributed by atoms with Gasteiger partial charge in [-0.1, -0.05) is 15.9 Å². The highest BCUT2D eigenvalue weighted by molar-refractivity contribution is 9.08. The summed E-state index contributed by atoms with van der Waals surface area (Å²) >= 11 is 2.98. The number of nitrogens with zero attached hydrogens (tertiary/aromatic N) is 1. The Kier molecular flexibility index (Phi) is 3.30. The molecule has 0 N–H and O–H groups in total. The van der Waals surface area contributed by atoms with Gasteiger partial charge in [-0.15, -0.1) is 0 Å². The quantitative estimate of drug-likeness (QED) is 0.737. The summed E-state index contributed by atoms with van der Waals surface area (Å²) in [5.41, 5.74) is -0.164. The van der Waals surface area contributed by atoms with E-state index in [1.165, 1.54) is 0 Å². The van der Waals surface area contributed by atoms with Gasteiger partial charge in [-0.05, 0) is 13.0 Å². The molecule has 72 valence electrons. The van der Waals surface area contributed by atoms with Crippen LogP contribution >= 0.6 is 15.9 Å². The molecule has 0 aliphatic rings. The molecule has 1 nitrogen and oxygen atoms in total. The van der Waals surface area contributed by atoms with Gasteiger partial charge in [-0.2, -0.15) is 0 Å². The van der Waals surface area contributed by atoms with Gasteiger partial charge in [0.2, 0.25) is 0 Å². The molecule has 1 aromatic rings. The van der Waals surface area contributed by atoms with Crippen molar-refractivity contribution in [3.63, 3.8) is 0 Å². The summed E-state index contributed by atoms with van der Waals surface area (Å²) in [5, 5.41) is 0.139. The fourth-order valence-electron chi connectivity index (χ4n) is 0.997. The highest BCUT2D eigenvalue weighted by Crippen LogP contribution is 2.24. The summed E-state index contributed by atoms with van der Waals surface area (Å²) in [6.07, 6.45) is -2.79. The maximum Gasteiger partial charge on any atom is 0.266 e. The standard InChI is InChI=1S/C8H7BrF3N/c1-4-2-5(8(11)12)7(10)6(3-9)13-4/h2,8H,3H2,1H3. The minimum absolute atomic E-state index is 0.0234. The smallest absolute Gasteiger partial charge is 0.254 e. The second-order valence-corrected chi connectivity index (χ2v) is 3.11. The predicted octanol–water partition coefficient (Wildman–Crippen LogP) is 3.36. The lowest BCUT2D eigenvalue weighted by Gasteiger charge is -2.06. The summed E-state index contributed by atoms with van der Waals surface area (Å²) in [6, 6.07) is 1.06. The summed E-state index contributed by atoms with van der Waals surface area (Å²) in [6.45, 7) is 1.55. The zero-order valence-corrected chi connectivity index (χ0v) is 8.41. The lowest BCUT2D eigenvalue weighted by Crippen LogP contribution is -2.01. The first kappa shape index (κ1) is 10.5. The van der Waals surface area contributed by atoms with Crippen molar-refractivity contribution < 1.29 is 13.2 Å². The van der Waals surface area contributed by atoms with Crippen LogP contribution in [-0.2, 0) is 5.33 Å². The zero-order chi connectivity index (χ0) is 10.0. The Hall–Kier alpha value is -0.580. The van der Waals surface area contributed by atoms with Gasteiger partial charge in [0.25, 0.3) is 6.43 Å². The van der Waals surface area contributed by atoms with E-state index in [1.54, 1.807) is 6.92 Å². The first-order valence-electron chi connectivity index (χ1n) is 3.56. The number of aromatic nitrogens is 1. The minimum Gasteiger partial charge on any atom is -0.254 e. The molecule has 1 rings (SSSR count). The molecule has 13 heavy (non-hydrogen) atoms. The summed E-state index contributed by atoms with van der Waals surface area (Å²) in [5.74, 6) is -0.919. The molecule has 0 fully saturated rings. The van der Waals surface area contributed by atoms with Gasteiger partial charge in [0.1, 0.15) is 0 Å². The fraction of sp³-hybridized carbons (Fsp3) is 0.375. The predicted molar refractivity (Wildman–Crippen MR) is 46.5 cm³/mol. The molecule has 0 saturated carbocycles. The molecular formula is C8H7BrF3N. The minimum atomic E-state index is -2.79. The van der Waals surface area contributed by atoms with Crippen LogP contribution in [0.5, 0.6) is 0 Å². The van der Waals surface area contributed by atoms with E-state index in [4.69, 9.17) is 0 Å².